The molecule has 0 aromatic carbocycles. The van der Waals surface area contributed by atoms with Gasteiger partial charge in [-0.15, -0.1) is 0 Å². The zero-order valence-electron chi connectivity index (χ0n) is 6.51. The Bertz CT molecular complexity index is 440. The second-order valence-corrected chi connectivity index (χ2v) is 2.22. The van der Waals surface area contributed by atoms with Gasteiger partial charge in [-0.25, -0.2) is 0 Å². The molecule has 0 radical (unpaired) electrons. The molecule has 0 aliphatic heterocycles. The largest absolute Gasteiger partial charge is 0.325 e. The van der Waals surface area contributed by atoms with Crippen molar-refractivity contribution < 1.29 is 0 Å². The lowest BCUT2D eigenvalue weighted by atomic mass is 10.2. The molecule has 1 rings (SSSR count). The summed E-state index contributed by atoms with van der Waals surface area (Å²) in [5.41, 5.74) is 1.21. The third-order valence-corrected chi connectivity index (χ3v) is 1.37. The van der Waals surface area contributed by atoms with Gasteiger partial charge >= 0.3 is 0 Å². The second-order valence-electron chi connectivity index (χ2n) is 2.22. The topological polar surface area (TPSA) is 56.6 Å². The fourth-order valence-electron chi connectivity index (χ4n) is 0.809. The lowest BCUT2D eigenvalue weighted by molar-refractivity contribution is 1.13. The van der Waals surface area contributed by atoms with Gasteiger partial charge in [0.25, 0.3) is 0 Å². The van der Waals surface area contributed by atoms with Gasteiger partial charge in [-0.1, -0.05) is 0 Å². The average molecular weight is 158 g/mol. The van der Waals surface area contributed by atoms with Crippen LogP contribution in [0.25, 0.3) is 0 Å². The Kier molecular flexibility index (Phi) is 2.30. The van der Waals surface area contributed by atoms with E-state index in [-0.39, 0.29) is 5.56 Å². The fraction of sp³-hybridized carbons (Fsp3) is 0.111. The van der Waals surface area contributed by atoms with E-state index in [1.165, 1.54) is 6.07 Å². The normalized spacial score (nSPS) is 8.00. The number of hydrogen-bond acceptors (Lipinski definition) is 2. The maximum atomic E-state index is 10.7. The van der Waals surface area contributed by atoms with Crippen LogP contribution in [0.2, 0.25) is 0 Å². The number of aromatic amines is 1. The van der Waals surface area contributed by atoms with E-state index in [0.717, 1.165) is 0 Å². The van der Waals surface area contributed by atoms with Crippen molar-refractivity contribution in [2.45, 2.75) is 6.92 Å². The van der Waals surface area contributed by atoms with E-state index in [9.17, 15) is 4.79 Å². The predicted octanol–water partition coefficient (Wildman–Crippen LogP) is 0.558. The summed E-state index contributed by atoms with van der Waals surface area (Å²) < 4.78 is 0. The van der Waals surface area contributed by atoms with Gasteiger partial charge in [0, 0.05) is 23.2 Å². The SMILES string of the molecule is Cc1[nH]c(=O)ccc1C#CC#N. The van der Waals surface area contributed by atoms with Gasteiger partial charge in [0.15, 0.2) is 6.07 Å². The van der Waals surface area contributed by atoms with Crippen LogP contribution in [-0.2, 0) is 0 Å². The first kappa shape index (κ1) is 8.10. The zero-order valence-corrected chi connectivity index (χ0v) is 6.51. The van der Waals surface area contributed by atoms with Crippen molar-refractivity contribution in [3.8, 4) is 17.9 Å². The first-order valence-corrected chi connectivity index (χ1v) is 3.34. The van der Waals surface area contributed by atoms with Crippen molar-refractivity contribution in [1.82, 2.24) is 4.98 Å². The van der Waals surface area contributed by atoms with E-state index in [0.29, 0.717) is 11.3 Å². The quantitative estimate of drug-likeness (QED) is 0.561. The highest BCUT2D eigenvalue weighted by atomic mass is 16.1. The van der Waals surface area contributed by atoms with Crippen LogP contribution in [0.3, 0.4) is 0 Å². The van der Waals surface area contributed by atoms with Crippen molar-refractivity contribution in [3.05, 3.63) is 33.7 Å². The monoisotopic (exact) mass is 158 g/mol. The molecular weight excluding hydrogens is 152 g/mol. The summed E-state index contributed by atoms with van der Waals surface area (Å²) in [6.45, 7) is 1.74. The van der Waals surface area contributed by atoms with Crippen LogP contribution in [0, 0.1) is 30.1 Å². The maximum Gasteiger partial charge on any atom is 0.248 e. The molecule has 0 saturated carbocycles. The van der Waals surface area contributed by atoms with Crippen molar-refractivity contribution in [1.29, 1.82) is 5.26 Å². The summed E-state index contributed by atoms with van der Waals surface area (Å²) >= 11 is 0. The van der Waals surface area contributed by atoms with Gasteiger partial charge in [-0.3, -0.25) is 4.79 Å². The van der Waals surface area contributed by atoms with Crippen molar-refractivity contribution in [2.75, 3.05) is 0 Å². The van der Waals surface area contributed by atoms with Crippen molar-refractivity contribution in [3.63, 3.8) is 0 Å². The number of nitrogens with one attached hydrogen (secondary N) is 1. The number of nitrogens with zero attached hydrogens (tertiary/aromatic N) is 1. The highest BCUT2D eigenvalue weighted by molar-refractivity contribution is 5.39. The number of rotatable bonds is 0. The number of aryl methyl sites for hydroxylation is 1. The molecule has 1 aromatic rings. The number of pyridine rings is 1. The molecule has 3 heteroatoms. The molecule has 12 heavy (non-hydrogen) atoms. The maximum absolute atomic E-state index is 10.7. The van der Waals surface area contributed by atoms with Crippen molar-refractivity contribution >= 4 is 0 Å². The smallest absolute Gasteiger partial charge is 0.248 e. The van der Waals surface area contributed by atoms with E-state index in [2.05, 4.69) is 16.8 Å². The molecule has 0 amide bonds. The summed E-state index contributed by atoms with van der Waals surface area (Å²) in [6.07, 6.45) is 0. The first-order chi connectivity index (χ1) is 5.74. The number of hydrogen-bond donors (Lipinski definition) is 1. The number of H-pyrrole nitrogens is 1. The third kappa shape index (κ3) is 1.74. The minimum atomic E-state index is -0.157. The van der Waals surface area contributed by atoms with Gasteiger partial charge < -0.3 is 4.98 Å². The molecule has 0 aliphatic rings. The fourth-order valence-corrected chi connectivity index (χ4v) is 0.809. The lowest BCUT2D eigenvalue weighted by Gasteiger charge is -1.93. The first-order valence-electron chi connectivity index (χ1n) is 3.34. The minimum absolute atomic E-state index is 0.157. The molecule has 0 fully saturated rings. The van der Waals surface area contributed by atoms with E-state index in [1.54, 1.807) is 19.1 Å². The number of aromatic nitrogens is 1. The Labute approximate surface area is 69.7 Å². The van der Waals surface area contributed by atoms with Gasteiger partial charge in [-0.2, -0.15) is 5.26 Å². The molecular formula is C9H6N2O. The van der Waals surface area contributed by atoms with Crippen LogP contribution in [0.1, 0.15) is 11.3 Å². The molecule has 0 bridgehead atoms. The van der Waals surface area contributed by atoms with Crippen molar-refractivity contribution in [2.24, 2.45) is 0 Å². The predicted molar refractivity (Wildman–Crippen MR) is 44.3 cm³/mol. The second kappa shape index (κ2) is 3.41. The van der Waals surface area contributed by atoms with Gasteiger partial charge in [0.1, 0.15) is 0 Å². The summed E-state index contributed by atoms with van der Waals surface area (Å²) in [6, 6.07) is 4.68. The average Bonchev–Trinajstić information content (AvgIpc) is 2.03. The Balaban J connectivity index is 3.21. The number of nitriles is 1. The van der Waals surface area contributed by atoms with Crippen LogP contribution >= 0.6 is 0 Å². The van der Waals surface area contributed by atoms with Crippen LogP contribution in [-0.4, -0.2) is 4.98 Å². The molecule has 0 spiro atoms. The standard InChI is InChI=1S/C9H6N2O/c1-7-8(3-2-6-10)4-5-9(12)11-7/h4-5H,1H3,(H,11,12). The molecule has 58 valence electrons. The Morgan fingerprint density at radius 1 is 1.50 bits per heavy atom. The Morgan fingerprint density at radius 2 is 2.25 bits per heavy atom. The zero-order chi connectivity index (χ0) is 8.97. The van der Waals surface area contributed by atoms with Crippen LogP contribution in [0.5, 0.6) is 0 Å². The molecule has 0 saturated heterocycles. The molecule has 3 nitrogen and oxygen atoms in total. The summed E-state index contributed by atoms with van der Waals surface area (Å²) in [5, 5.41) is 8.18. The molecule has 0 atom stereocenters. The van der Waals surface area contributed by atoms with Crippen LogP contribution in [0.15, 0.2) is 16.9 Å². The van der Waals surface area contributed by atoms with E-state index in [4.69, 9.17) is 5.26 Å². The third-order valence-electron chi connectivity index (χ3n) is 1.37. The molecule has 1 N–H and O–H groups in total. The molecule has 0 unspecified atom stereocenters. The Morgan fingerprint density at radius 3 is 2.83 bits per heavy atom. The lowest BCUT2D eigenvalue weighted by Crippen LogP contribution is -2.05. The molecule has 1 aromatic heterocycles. The van der Waals surface area contributed by atoms with Crippen LogP contribution < -0.4 is 5.56 Å². The van der Waals surface area contributed by atoms with Gasteiger partial charge in [-0.05, 0) is 18.9 Å². The van der Waals surface area contributed by atoms with E-state index >= 15 is 0 Å². The van der Waals surface area contributed by atoms with E-state index < -0.39 is 0 Å². The van der Waals surface area contributed by atoms with Crippen LogP contribution in [0.4, 0.5) is 0 Å². The Hall–Kier alpha value is -2.00. The van der Waals surface area contributed by atoms with Gasteiger partial charge in [0.2, 0.25) is 5.56 Å². The summed E-state index contributed by atoms with van der Waals surface area (Å²) in [4.78, 5) is 13.3. The van der Waals surface area contributed by atoms with E-state index in [1.807, 2.05) is 0 Å². The van der Waals surface area contributed by atoms with Gasteiger partial charge in [0.05, 0.1) is 0 Å². The molecule has 1 heterocycles. The molecule has 0 aliphatic carbocycles. The summed E-state index contributed by atoms with van der Waals surface area (Å²) in [5.74, 6) is 4.87. The highest BCUT2D eigenvalue weighted by Crippen LogP contribution is 1.97. The summed E-state index contributed by atoms with van der Waals surface area (Å²) in [7, 11) is 0. The highest BCUT2D eigenvalue weighted by Gasteiger charge is 1.92. The minimum Gasteiger partial charge on any atom is -0.325 e.